The van der Waals surface area contributed by atoms with E-state index in [4.69, 9.17) is 22.9 Å². The minimum atomic E-state index is -4.82. The number of hydrogen-bond acceptors (Lipinski definition) is 4. The lowest BCUT2D eigenvalue weighted by molar-refractivity contribution is -0.199. The maximum Gasteiger partial charge on any atom is 0.471 e. The zero-order valence-corrected chi connectivity index (χ0v) is 27.0. The van der Waals surface area contributed by atoms with Gasteiger partial charge >= 0.3 is 12.1 Å². The first kappa shape index (κ1) is 32.2. The van der Waals surface area contributed by atoms with E-state index in [2.05, 4.69) is 49.3 Å². The molecule has 3 fully saturated rings. The van der Waals surface area contributed by atoms with Gasteiger partial charge in [0.2, 0.25) is 5.69 Å². The van der Waals surface area contributed by atoms with Crippen LogP contribution in [0.2, 0.25) is 5.02 Å². The molecule has 1 aliphatic carbocycles. The summed E-state index contributed by atoms with van der Waals surface area (Å²) in [4.78, 5) is 33.4. The Hall–Kier alpha value is -3.73. The molecule has 2 amide bonds. The predicted molar refractivity (Wildman–Crippen MR) is 167 cm³/mol. The van der Waals surface area contributed by atoms with Crippen LogP contribution in [-0.2, 0) is 11.3 Å². The van der Waals surface area contributed by atoms with Crippen molar-refractivity contribution in [1.29, 1.82) is 0 Å². The van der Waals surface area contributed by atoms with Gasteiger partial charge in [0.05, 0.1) is 11.6 Å². The highest BCUT2D eigenvalue weighted by molar-refractivity contribution is 6.33. The third-order valence-corrected chi connectivity index (χ3v) is 10.5. The van der Waals surface area contributed by atoms with Crippen molar-refractivity contribution < 1.29 is 27.5 Å². The second kappa shape index (κ2) is 11.5. The van der Waals surface area contributed by atoms with Crippen LogP contribution in [0.3, 0.4) is 0 Å². The third-order valence-electron chi connectivity index (χ3n) is 10.2. The van der Waals surface area contributed by atoms with E-state index in [1.54, 1.807) is 18.2 Å². The Morgan fingerprint density at radius 3 is 2.35 bits per heavy atom. The Morgan fingerprint density at radius 2 is 1.74 bits per heavy atom. The highest BCUT2D eigenvalue weighted by atomic mass is 35.5. The maximum atomic E-state index is 13.6. The number of halogens is 4. The van der Waals surface area contributed by atoms with Crippen LogP contribution in [0.1, 0.15) is 62.0 Å². The molecule has 7 nitrogen and oxygen atoms in total. The lowest BCUT2D eigenvalue weighted by Gasteiger charge is -2.65. The number of piperidine rings is 1. The summed E-state index contributed by atoms with van der Waals surface area (Å²) in [6.07, 6.45) is -3.36. The zero-order chi connectivity index (χ0) is 33.2. The van der Waals surface area contributed by atoms with Crippen molar-refractivity contribution in [1.82, 2.24) is 14.7 Å². The summed E-state index contributed by atoms with van der Waals surface area (Å²) in [5.74, 6) is 5.69. The van der Waals surface area contributed by atoms with Gasteiger partial charge in [-0.15, -0.1) is 0 Å². The van der Waals surface area contributed by atoms with E-state index in [9.17, 15) is 22.8 Å². The Labute approximate surface area is 272 Å². The van der Waals surface area contributed by atoms with Gasteiger partial charge in [-0.05, 0) is 61.8 Å². The fourth-order valence-corrected chi connectivity index (χ4v) is 8.47. The molecule has 4 aliphatic rings. The van der Waals surface area contributed by atoms with Crippen molar-refractivity contribution in [3.05, 3.63) is 69.5 Å². The largest absolute Gasteiger partial charge is 0.489 e. The van der Waals surface area contributed by atoms with Crippen molar-refractivity contribution in [2.24, 2.45) is 16.7 Å². The van der Waals surface area contributed by atoms with Gasteiger partial charge in [0.15, 0.2) is 0 Å². The van der Waals surface area contributed by atoms with E-state index in [-0.39, 0.29) is 53.9 Å². The summed E-state index contributed by atoms with van der Waals surface area (Å²) in [6.45, 7) is 17.9. The Kier molecular flexibility index (Phi) is 8.06. The second-order valence-electron chi connectivity index (χ2n) is 14.0. The molecular weight excluding hydrogens is 617 g/mol. The molecule has 0 N–H and O–H groups in total. The monoisotopic (exact) mass is 652 g/mol. The lowest BCUT2D eigenvalue weighted by Crippen LogP contribution is -2.74. The van der Waals surface area contributed by atoms with Crippen molar-refractivity contribution in [3.63, 3.8) is 0 Å². The molecule has 6 rings (SSSR count). The van der Waals surface area contributed by atoms with Gasteiger partial charge in [0, 0.05) is 59.6 Å². The van der Waals surface area contributed by atoms with E-state index in [1.165, 1.54) is 0 Å². The number of hydrogen-bond donors (Lipinski definition) is 0. The second-order valence-corrected chi connectivity index (χ2v) is 14.4. The van der Waals surface area contributed by atoms with Crippen LogP contribution in [0.4, 0.5) is 18.9 Å². The van der Waals surface area contributed by atoms with Crippen LogP contribution in [-0.4, -0.2) is 77.1 Å². The van der Waals surface area contributed by atoms with Gasteiger partial charge in [-0.25, -0.2) is 4.85 Å². The summed E-state index contributed by atoms with van der Waals surface area (Å²) in [7, 11) is 0. The average molecular weight is 653 g/mol. The van der Waals surface area contributed by atoms with Crippen molar-refractivity contribution in [2.75, 3.05) is 26.2 Å². The van der Waals surface area contributed by atoms with Crippen molar-refractivity contribution in [3.8, 4) is 17.6 Å². The quantitative estimate of drug-likeness (QED) is 0.277. The van der Waals surface area contributed by atoms with Crippen LogP contribution >= 0.6 is 11.6 Å². The van der Waals surface area contributed by atoms with Crippen LogP contribution < -0.4 is 4.74 Å². The van der Waals surface area contributed by atoms with Gasteiger partial charge < -0.3 is 14.5 Å². The molecule has 2 aromatic rings. The van der Waals surface area contributed by atoms with Gasteiger partial charge in [-0.3, -0.25) is 14.5 Å². The molecule has 0 spiro atoms. The molecular formula is C35H36ClF3N4O3. The molecule has 2 saturated heterocycles. The van der Waals surface area contributed by atoms with Crippen molar-refractivity contribution in [2.45, 2.75) is 71.4 Å². The van der Waals surface area contributed by atoms with Crippen LogP contribution in [0.15, 0.2) is 36.4 Å². The summed E-state index contributed by atoms with van der Waals surface area (Å²) in [6, 6.07) is 10.7. The number of carbonyl (C=O) groups is 2. The molecule has 0 atom stereocenters. The van der Waals surface area contributed by atoms with Crippen LogP contribution in [0.25, 0.3) is 4.85 Å². The number of alkyl halides is 3. The van der Waals surface area contributed by atoms with Crippen LogP contribution in [0, 0.1) is 35.2 Å². The molecule has 0 radical (unpaired) electrons. The molecule has 0 aromatic heterocycles. The molecule has 0 unspecified atom stereocenters. The maximum absolute atomic E-state index is 13.6. The fraction of sp³-hybridized carbons (Fsp3) is 0.514. The number of ether oxygens (including phenoxy) is 1. The first-order valence-electron chi connectivity index (χ1n) is 15.5. The van der Waals surface area contributed by atoms with Crippen molar-refractivity contribution >= 4 is 29.1 Å². The van der Waals surface area contributed by atoms with E-state index in [1.807, 2.05) is 23.1 Å². The minimum Gasteiger partial charge on any atom is -0.489 e. The normalized spacial score (nSPS) is 24.3. The summed E-state index contributed by atoms with van der Waals surface area (Å²) >= 11 is 6.25. The molecule has 3 aliphatic heterocycles. The van der Waals surface area contributed by atoms with Gasteiger partial charge in [-0.1, -0.05) is 57.2 Å². The fourth-order valence-electron chi connectivity index (χ4n) is 8.26. The number of benzene rings is 2. The highest BCUT2D eigenvalue weighted by Crippen LogP contribution is 2.59. The standard InChI is InChI=1S/C35H36ClF3N4O3/c1-33(2)30(34(3,4)31(33)46-25-9-11-28(40-5)27(36)17-25)43-18-23-16-22(8-10-26(23)29(43)44)7-6-21-12-14-41(15-13-21)24-19-42(20-24)32(45)35(37,38)39/h8-11,16-17,21,24,30-31H,12-15,18-20H2,1-4H3. The topological polar surface area (TPSA) is 57.5 Å². The van der Waals surface area contributed by atoms with E-state index < -0.39 is 12.1 Å². The summed E-state index contributed by atoms with van der Waals surface area (Å²) in [5.41, 5.74) is 2.16. The minimum absolute atomic E-state index is 0.00225. The predicted octanol–water partition coefficient (Wildman–Crippen LogP) is 6.57. The summed E-state index contributed by atoms with van der Waals surface area (Å²) in [5, 5.41) is 0.347. The van der Waals surface area contributed by atoms with Gasteiger partial charge in [-0.2, -0.15) is 13.2 Å². The Balaban J connectivity index is 1.06. The van der Waals surface area contributed by atoms with Gasteiger partial charge in [0.1, 0.15) is 11.9 Å². The van der Waals surface area contributed by atoms with E-state index >= 15 is 0 Å². The highest BCUT2D eigenvalue weighted by Gasteiger charge is 2.67. The number of fused-ring (bicyclic) bond motifs is 1. The SMILES string of the molecule is [C-]#[N+]c1ccc(OC2C(C)(C)C(N3Cc4cc(C#CC5CCN(C6CN(C(=O)C(F)(F)F)C6)CC5)ccc4C3=O)C2(C)C)cc1Cl. The smallest absolute Gasteiger partial charge is 0.471 e. The Morgan fingerprint density at radius 1 is 1.07 bits per heavy atom. The number of likely N-dealkylation sites (tertiary alicyclic amines) is 2. The van der Waals surface area contributed by atoms with Gasteiger partial charge in [0.25, 0.3) is 5.91 Å². The summed E-state index contributed by atoms with van der Waals surface area (Å²) < 4.78 is 44.4. The number of amides is 2. The number of rotatable bonds is 4. The molecule has 242 valence electrons. The lowest BCUT2D eigenvalue weighted by atomic mass is 9.49. The number of nitrogens with zero attached hydrogens (tertiary/aromatic N) is 4. The molecule has 0 bridgehead atoms. The first-order chi connectivity index (χ1) is 21.6. The van der Waals surface area contributed by atoms with E-state index in [0.717, 1.165) is 42.0 Å². The molecule has 46 heavy (non-hydrogen) atoms. The molecule has 1 saturated carbocycles. The molecule has 3 heterocycles. The number of carbonyl (C=O) groups excluding carboxylic acids is 2. The third kappa shape index (κ3) is 5.60. The van der Waals surface area contributed by atoms with E-state index in [0.29, 0.717) is 28.6 Å². The average Bonchev–Trinajstić information content (AvgIpc) is 3.28. The Bertz CT molecular complexity index is 1660. The molecule has 11 heteroatoms. The van der Waals surface area contributed by atoms with Crippen LogP contribution in [0.5, 0.6) is 5.75 Å². The molecule has 2 aromatic carbocycles. The first-order valence-corrected chi connectivity index (χ1v) is 15.9. The zero-order valence-electron chi connectivity index (χ0n) is 26.2.